The molecule has 1 fully saturated rings. The third-order valence-electron chi connectivity index (χ3n) is 3.37. The number of amides is 1. The summed E-state index contributed by atoms with van der Waals surface area (Å²) in [5.41, 5.74) is 2.00. The van der Waals surface area contributed by atoms with E-state index in [0.717, 1.165) is 18.4 Å². The fourth-order valence-electron chi connectivity index (χ4n) is 2.05. The number of carbonyl (C=O) groups excluding carboxylic acids is 1. The summed E-state index contributed by atoms with van der Waals surface area (Å²) in [6.07, 6.45) is 6.52. The van der Waals surface area contributed by atoms with Crippen LogP contribution in [0, 0.1) is 6.92 Å². The zero-order valence-corrected chi connectivity index (χ0v) is 11.2. The van der Waals surface area contributed by atoms with Crippen molar-refractivity contribution >= 4 is 5.91 Å². The molecule has 1 N–H and O–H groups in total. The van der Waals surface area contributed by atoms with E-state index in [0.29, 0.717) is 17.3 Å². The number of nitrogens with zero attached hydrogens (tertiary/aromatic N) is 2. The maximum atomic E-state index is 12.1. The third-order valence-corrected chi connectivity index (χ3v) is 3.37. The second-order valence-corrected chi connectivity index (χ2v) is 5.03. The van der Waals surface area contributed by atoms with Gasteiger partial charge in [-0.25, -0.2) is 0 Å². The molecular formula is C15H15N3O2. The first-order chi connectivity index (χ1) is 9.65. The van der Waals surface area contributed by atoms with Gasteiger partial charge in [-0.3, -0.25) is 19.1 Å². The predicted octanol–water partition coefficient (Wildman–Crippen LogP) is 1.43. The molecule has 1 saturated carbocycles. The molecule has 1 aromatic heterocycles. The van der Waals surface area contributed by atoms with Gasteiger partial charge in [-0.05, 0) is 37.5 Å². The lowest BCUT2D eigenvalue weighted by atomic mass is 10.1. The van der Waals surface area contributed by atoms with E-state index in [1.165, 1.54) is 10.8 Å². The fraction of sp³-hybridized carbons (Fsp3) is 0.267. The highest BCUT2D eigenvalue weighted by Crippen LogP contribution is 2.20. The van der Waals surface area contributed by atoms with Crippen molar-refractivity contribution in [3.8, 4) is 5.69 Å². The Hall–Kier alpha value is -2.43. The normalized spacial score (nSPS) is 14.1. The maximum absolute atomic E-state index is 12.1. The summed E-state index contributed by atoms with van der Waals surface area (Å²) in [5.74, 6) is -0.0872. The summed E-state index contributed by atoms with van der Waals surface area (Å²) >= 11 is 0. The van der Waals surface area contributed by atoms with Crippen LogP contribution in [0.2, 0.25) is 0 Å². The average molecular weight is 269 g/mol. The molecule has 0 saturated heterocycles. The van der Waals surface area contributed by atoms with Crippen LogP contribution < -0.4 is 10.9 Å². The quantitative estimate of drug-likeness (QED) is 0.916. The van der Waals surface area contributed by atoms with E-state index in [-0.39, 0.29) is 11.5 Å². The Morgan fingerprint density at radius 1 is 1.40 bits per heavy atom. The summed E-state index contributed by atoms with van der Waals surface area (Å²) in [6, 6.07) is 5.69. The Morgan fingerprint density at radius 2 is 2.20 bits per heavy atom. The molecule has 5 heteroatoms. The first kappa shape index (κ1) is 12.6. The van der Waals surface area contributed by atoms with Crippen LogP contribution in [0.3, 0.4) is 0 Å². The summed E-state index contributed by atoms with van der Waals surface area (Å²) in [6.45, 7) is 1.91. The highest BCUT2D eigenvalue weighted by atomic mass is 16.1. The van der Waals surface area contributed by atoms with Crippen molar-refractivity contribution in [2.75, 3.05) is 0 Å². The molecule has 0 spiro atoms. The van der Waals surface area contributed by atoms with Crippen molar-refractivity contribution in [3.05, 3.63) is 58.3 Å². The minimum atomic E-state index is -0.213. The molecule has 0 atom stereocenters. The Labute approximate surface area is 116 Å². The van der Waals surface area contributed by atoms with E-state index in [9.17, 15) is 9.59 Å². The topological polar surface area (TPSA) is 64.0 Å². The van der Waals surface area contributed by atoms with E-state index < -0.39 is 0 Å². The summed E-state index contributed by atoms with van der Waals surface area (Å²) < 4.78 is 1.50. The summed E-state index contributed by atoms with van der Waals surface area (Å²) in [7, 11) is 0. The van der Waals surface area contributed by atoms with Crippen LogP contribution in [-0.2, 0) is 0 Å². The lowest BCUT2D eigenvalue weighted by Gasteiger charge is -2.11. The van der Waals surface area contributed by atoms with E-state index in [1.54, 1.807) is 24.5 Å². The molecular weight excluding hydrogens is 254 g/mol. The SMILES string of the molecule is Cc1ccc(C(=O)NC2CC2)cc1-n1ccncc1=O. The highest BCUT2D eigenvalue weighted by molar-refractivity contribution is 5.95. The molecule has 2 aromatic rings. The number of hydrogen-bond acceptors (Lipinski definition) is 3. The van der Waals surface area contributed by atoms with Gasteiger partial charge in [0.2, 0.25) is 0 Å². The van der Waals surface area contributed by atoms with Gasteiger partial charge in [0.05, 0.1) is 11.9 Å². The molecule has 1 amide bonds. The Kier molecular flexibility index (Phi) is 3.10. The van der Waals surface area contributed by atoms with Crippen LogP contribution >= 0.6 is 0 Å². The summed E-state index contributed by atoms with van der Waals surface area (Å²) in [4.78, 5) is 27.7. The largest absolute Gasteiger partial charge is 0.349 e. The van der Waals surface area contributed by atoms with Gasteiger partial charge < -0.3 is 5.32 Å². The Morgan fingerprint density at radius 3 is 2.90 bits per heavy atom. The van der Waals surface area contributed by atoms with E-state index in [1.807, 2.05) is 13.0 Å². The maximum Gasteiger partial charge on any atom is 0.273 e. The van der Waals surface area contributed by atoms with Crippen molar-refractivity contribution in [1.82, 2.24) is 14.9 Å². The third kappa shape index (κ3) is 2.47. The molecule has 0 bridgehead atoms. The zero-order chi connectivity index (χ0) is 14.1. The monoisotopic (exact) mass is 269 g/mol. The number of rotatable bonds is 3. The van der Waals surface area contributed by atoms with Crippen LogP contribution in [0.4, 0.5) is 0 Å². The standard InChI is InChI=1S/C15H15N3O2/c1-10-2-3-11(15(20)17-12-4-5-12)8-13(10)18-7-6-16-9-14(18)19/h2-3,6-9,12H,4-5H2,1H3,(H,17,20). The van der Waals surface area contributed by atoms with E-state index in [4.69, 9.17) is 0 Å². The van der Waals surface area contributed by atoms with E-state index in [2.05, 4.69) is 10.3 Å². The number of nitrogens with one attached hydrogen (secondary N) is 1. The smallest absolute Gasteiger partial charge is 0.273 e. The van der Waals surface area contributed by atoms with Gasteiger partial charge in [0.15, 0.2) is 0 Å². The number of aromatic nitrogens is 2. The van der Waals surface area contributed by atoms with Gasteiger partial charge in [-0.15, -0.1) is 0 Å². The minimum Gasteiger partial charge on any atom is -0.349 e. The van der Waals surface area contributed by atoms with Gasteiger partial charge in [0.1, 0.15) is 0 Å². The van der Waals surface area contributed by atoms with Crippen molar-refractivity contribution in [3.63, 3.8) is 0 Å². The fourth-order valence-corrected chi connectivity index (χ4v) is 2.05. The van der Waals surface area contributed by atoms with Crippen LogP contribution in [0.15, 0.2) is 41.6 Å². The zero-order valence-electron chi connectivity index (χ0n) is 11.2. The minimum absolute atomic E-state index is 0.0872. The van der Waals surface area contributed by atoms with Gasteiger partial charge in [0.25, 0.3) is 11.5 Å². The number of aryl methyl sites for hydroxylation is 1. The lowest BCUT2D eigenvalue weighted by Crippen LogP contribution is -2.26. The number of hydrogen-bond donors (Lipinski definition) is 1. The number of carbonyl (C=O) groups is 1. The molecule has 20 heavy (non-hydrogen) atoms. The predicted molar refractivity (Wildman–Crippen MR) is 75.1 cm³/mol. The second kappa shape index (κ2) is 4.92. The molecule has 5 nitrogen and oxygen atoms in total. The van der Waals surface area contributed by atoms with Gasteiger partial charge in [-0.2, -0.15) is 0 Å². The van der Waals surface area contributed by atoms with Gasteiger partial charge in [0, 0.05) is 24.0 Å². The van der Waals surface area contributed by atoms with Crippen LogP contribution in [0.25, 0.3) is 5.69 Å². The van der Waals surface area contributed by atoms with Crippen LogP contribution in [-0.4, -0.2) is 21.5 Å². The van der Waals surface area contributed by atoms with E-state index >= 15 is 0 Å². The first-order valence-corrected chi connectivity index (χ1v) is 6.60. The molecule has 0 aliphatic heterocycles. The molecule has 1 aromatic carbocycles. The molecule has 1 aliphatic rings. The van der Waals surface area contributed by atoms with Crippen molar-refractivity contribution in [2.45, 2.75) is 25.8 Å². The van der Waals surface area contributed by atoms with Crippen molar-refractivity contribution in [1.29, 1.82) is 0 Å². The Bertz CT molecular complexity index is 717. The van der Waals surface area contributed by atoms with Crippen LogP contribution in [0.1, 0.15) is 28.8 Å². The van der Waals surface area contributed by atoms with Crippen molar-refractivity contribution < 1.29 is 4.79 Å². The molecule has 0 radical (unpaired) electrons. The molecule has 1 heterocycles. The second-order valence-electron chi connectivity index (χ2n) is 5.03. The molecule has 102 valence electrons. The van der Waals surface area contributed by atoms with Crippen LogP contribution in [0.5, 0.6) is 0 Å². The molecule has 0 unspecified atom stereocenters. The molecule has 1 aliphatic carbocycles. The average Bonchev–Trinajstić information content (AvgIpc) is 3.24. The first-order valence-electron chi connectivity index (χ1n) is 6.60. The van der Waals surface area contributed by atoms with Gasteiger partial charge in [-0.1, -0.05) is 6.07 Å². The highest BCUT2D eigenvalue weighted by Gasteiger charge is 2.24. The molecule has 3 rings (SSSR count). The van der Waals surface area contributed by atoms with Crippen molar-refractivity contribution in [2.24, 2.45) is 0 Å². The Balaban J connectivity index is 2.00. The number of benzene rings is 1. The van der Waals surface area contributed by atoms with Gasteiger partial charge >= 0.3 is 0 Å². The summed E-state index contributed by atoms with van der Waals surface area (Å²) in [5, 5.41) is 2.94. The lowest BCUT2D eigenvalue weighted by molar-refractivity contribution is 0.0951.